The molecule has 0 aromatic heterocycles. The molecule has 0 radical (unpaired) electrons. The van der Waals surface area contributed by atoms with Gasteiger partial charge in [-0.05, 0) is 31.7 Å². The molecule has 0 amide bonds. The predicted octanol–water partition coefficient (Wildman–Crippen LogP) is 3.64. The Morgan fingerprint density at radius 1 is 1.07 bits per heavy atom. The first kappa shape index (κ1) is 11.4. The maximum Gasteiger partial charge on any atom is 0.0504 e. The van der Waals surface area contributed by atoms with E-state index in [0.717, 1.165) is 18.8 Å². The van der Waals surface area contributed by atoms with Crippen molar-refractivity contribution in [1.29, 1.82) is 0 Å². The second kappa shape index (κ2) is 5.97. The molecule has 0 unspecified atom stereocenters. The van der Waals surface area contributed by atoms with E-state index < -0.39 is 0 Å². The number of thioether (sulfide) groups is 1. The third kappa shape index (κ3) is 2.68. The topological polar surface area (TPSA) is 3.24 Å². The number of nitrogens with zero attached hydrogens (tertiary/aromatic N) is 1. The molecule has 1 aromatic carbocycles. The van der Waals surface area contributed by atoms with Crippen molar-refractivity contribution < 1.29 is 0 Å². The van der Waals surface area contributed by atoms with Crippen molar-refractivity contribution in [3.8, 4) is 0 Å². The molecule has 0 atom stereocenters. The number of hydrogen-bond donors (Lipinski definition) is 0. The van der Waals surface area contributed by atoms with Crippen LogP contribution in [0.3, 0.4) is 0 Å². The van der Waals surface area contributed by atoms with Crippen molar-refractivity contribution in [2.75, 3.05) is 23.7 Å². The number of anilines is 1. The third-order valence-corrected chi connectivity index (χ3v) is 3.21. The Balaban J connectivity index is 2.92. The molecule has 0 spiro atoms. The van der Waals surface area contributed by atoms with Crippen LogP contribution in [0.4, 0.5) is 5.69 Å². The zero-order valence-electron chi connectivity index (χ0n) is 9.29. The summed E-state index contributed by atoms with van der Waals surface area (Å²) in [7, 11) is 0. The lowest BCUT2D eigenvalue weighted by molar-refractivity contribution is 0.855. The standard InChI is InChI=1S/C12H19NS/c1-4-13(5-2)11-9-7-8-10-12(11)14-6-3/h7-10H,4-6H2,1-3H3. The lowest BCUT2D eigenvalue weighted by atomic mass is 10.3. The average molecular weight is 209 g/mol. The SMILES string of the molecule is CCSc1ccccc1N(CC)CC. The van der Waals surface area contributed by atoms with Crippen LogP contribution in [0.25, 0.3) is 0 Å². The Kier molecular flexibility index (Phi) is 4.88. The molecule has 0 N–H and O–H groups in total. The first-order chi connectivity index (χ1) is 6.83. The summed E-state index contributed by atoms with van der Waals surface area (Å²) in [5, 5.41) is 0. The van der Waals surface area contributed by atoms with E-state index in [1.807, 2.05) is 11.8 Å². The van der Waals surface area contributed by atoms with Gasteiger partial charge in [-0.3, -0.25) is 0 Å². The van der Waals surface area contributed by atoms with Crippen LogP contribution in [0, 0.1) is 0 Å². The maximum atomic E-state index is 2.40. The molecule has 78 valence electrons. The molecule has 0 saturated heterocycles. The second-order valence-electron chi connectivity index (χ2n) is 3.07. The van der Waals surface area contributed by atoms with Gasteiger partial charge in [0.2, 0.25) is 0 Å². The van der Waals surface area contributed by atoms with Gasteiger partial charge in [-0.2, -0.15) is 0 Å². The zero-order chi connectivity index (χ0) is 10.4. The van der Waals surface area contributed by atoms with Crippen LogP contribution in [0.5, 0.6) is 0 Å². The molecule has 0 bridgehead atoms. The molecule has 0 aliphatic rings. The van der Waals surface area contributed by atoms with Gasteiger partial charge in [-0.15, -0.1) is 11.8 Å². The lowest BCUT2D eigenvalue weighted by Crippen LogP contribution is -2.22. The Labute approximate surface area is 91.5 Å². The van der Waals surface area contributed by atoms with Crippen molar-refractivity contribution in [2.45, 2.75) is 25.7 Å². The fraction of sp³-hybridized carbons (Fsp3) is 0.500. The van der Waals surface area contributed by atoms with E-state index >= 15 is 0 Å². The summed E-state index contributed by atoms with van der Waals surface area (Å²) in [6.45, 7) is 8.77. The molecule has 0 aliphatic heterocycles. The molecular weight excluding hydrogens is 190 g/mol. The fourth-order valence-corrected chi connectivity index (χ4v) is 2.39. The van der Waals surface area contributed by atoms with Crippen LogP contribution in [0.15, 0.2) is 29.2 Å². The average Bonchev–Trinajstić information content (AvgIpc) is 2.23. The van der Waals surface area contributed by atoms with Crippen molar-refractivity contribution in [3.63, 3.8) is 0 Å². The Morgan fingerprint density at radius 2 is 1.71 bits per heavy atom. The molecule has 0 fully saturated rings. The minimum atomic E-state index is 1.08. The van der Waals surface area contributed by atoms with E-state index in [-0.39, 0.29) is 0 Å². The quantitative estimate of drug-likeness (QED) is 0.681. The minimum Gasteiger partial charge on any atom is -0.371 e. The van der Waals surface area contributed by atoms with E-state index in [1.54, 1.807) is 0 Å². The summed E-state index contributed by atoms with van der Waals surface area (Å²) >= 11 is 1.92. The second-order valence-corrected chi connectivity index (χ2v) is 4.38. The molecule has 0 saturated carbocycles. The number of para-hydroxylation sites is 1. The highest BCUT2D eigenvalue weighted by atomic mass is 32.2. The van der Waals surface area contributed by atoms with Crippen LogP contribution >= 0.6 is 11.8 Å². The molecular formula is C12H19NS. The van der Waals surface area contributed by atoms with E-state index in [0.29, 0.717) is 0 Å². The highest BCUT2D eigenvalue weighted by Gasteiger charge is 2.06. The predicted molar refractivity (Wildman–Crippen MR) is 66.4 cm³/mol. The highest BCUT2D eigenvalue weighted by molar-refractivity contribution is 7.99. The molecule has 0 aliphatic carbocycles. The normalized spacial score (nSPS) is 10.2. The largest absolute Gasteiger partial charge is 0.371 e. The van der Waals surface area contributed by atoms with Gasteiger partial charge in [0.05, 0.1) is 5.69 Å². The van der Waals surface area contributed by atoms with E-state index in [2.05, 4.69) is 49.9 Å². The van der Waals surface area contributed by atoms with Crippen molar-refractivity contribution >= 4 is 17.4 Å². The lowest BCUT2D eigenvalue weighted by Gasteiger charge is -2.23. The minimum absolute atomic E-state index is 1.08. The summed E-state index contributed by atoms with van der Waals surface area (Å²) < 4.78 is 0. The summed E-state index contributed by atoms with van der Waals surface area (Å²) in [5.41, 5.74) is 1.38. The number of rotatable bonds is 5. The first-order valence-corrected chi connectivity index (χ1v) is 6.28. The van der Waals surface area contributed by atoms with Crippen LogP contribution in [0.1, 0.15) is 20.8 Å². The smallest absolute Gasteiger partial charge is 0.0504 e. The molecule has 2 heteroatoms. The van der Waals surface area contributed by atoms with Gasteiger partial charge in [0, 0.05) is 18.0 Å². The van der Waals surface area contributed by atoms with Gasteiger partial charge in [-0.25, -0.2) is 0 Å². The van der Waals surface area contributed by atoms with Crippen LogP contribution in [-0.4, -0.2) is 18.8 Å². The maximum absolute atomic E-state index is 2.40. The van der Waals surface area contributed by atoms with Crippen LogP contribution < -0.4 is 4.90 Å². The van der Waals surface area contributed by atoms with Gasteiger partial charge in [0.15, 0.2) is 0 Å². The highest BCUT2D eigenvalue weighted by Crippen LogP contribution is 2.29. The van der Waals surface area contributed by atoms with Crippen molar-refractivity contribution in [2.24, 2.45) is 0 Å². The molecule has 1 rings (SSSR count). The van der Waals surface area contributed by atoms with Crippen molar-refractivity contribution in [3.05, 3.63) is 24.3 Å². The Hall–Kier alpha value is -0.630. The number of benzene rings is 1. The van der Waals surface area contributed by atoms with E-state index in [1.165, 1.54) is 10.6 Å². The van der Waals surface area contributed by atoms with Crippen molar-refractivity contribution in [1.82, 2.24) is 0 Å². The van der Waals surface area contributed by atoms with Crippen LogP contribution in [0.2, 0.25) is 0 Å². The molecule has 0 heterocycles. The fourth-order valence-electron chi connectivity index (χ4n) is 1.56. The Bertz CT molecular complexity index is 269. The van der Waals surface area contributed by atoms with Gasteiger partial charge < -0.3 is 4.90 Å². The van der Waals surface area contributed by atoms with E-state index in [4.69, 9.17) is 0 Å². The summed E-state index contributed by atoms with van der Waals surface area (Å²) in [6.07, 6.45) is 0. The van der Waals surface area contributed by atoms with Gasteiger partial charge in [0.1, 0.15) is 0 Å². The molecule has 1 nitrogen and oxygen atoms in total. The van der Waals surface area contributed by atoms with Gasteiger partial charge >= 0.3 is 0 Å². The van der Waals surface area contributed by atoms with Gasteiger partial charge in [0.25, 0.3) is 0 Å². The zero-order valence-corrected chi connectivity index (χ0v) is 10.1. The number of hydrogen-bond acceptors (Lipinski definition) is 2. The third-order valence-electron chi connectivity index (χ3n) is 2.27. The summed E-state index contributed by atoms with van der Waals surface area (Å²) in [6, 6.07) is 8.66. The first-order valence-electron chi connectivity index (χ1n) is 5.30. The summed E-state index contributed by atoms with van der Waals surface area (Å²) in [4.78, 5) is 3.80. The van der Waals surface area contributed by atoms with E-state index in [9.17, 15) is 0 Å². The van der Waals surface area contributed by atoms with Crippen LogP contribution in [-0.2, 0) is 0 Å². The molecule has 14 heavy (non-hydrogen) atoms. The summed E-state index contributed by atoms with van der Waals surface area (Å²) in [5.74, 6) is 1.14. The van der Waals surface area contributed by atoms with Gasteiger partial charge in [-0.1, -0.05) is 19.1 Å². The Morgan fingerprint density at radius 3 is 2.29 bits per heavy atom. The molecule has 1 aromatic rings. The monoisotopic (exact) mass is 209 g/mol.